The van der Waals surface area contributed by atoms with Crippen LogP contribution in [0.1, 0.15) is 34.3 Å². The molecule has 0 fully saturated rings. The fourth-order valence-electron chi connectivity index (χ4n) is 3.76. The number of pyridine rings is 1. The molecular formula is C22H23N3O4. The monoisotopic (exact) mass is 393 g/mol. The topological polar surface area (TPSA) is 75.9 Å². The molecule has 1 aromatic carbocycles. The summed E-state index contributed by atoms with van der Waals surface area (Å²) in [5.41, 5.74) is 1.15. The van der Waals surface area contributed by atoms with Crippen LogP contribution in [-0.2, 0) is 0 Å². The molecule has 1 aliphatic heterocycles. The highest BCUT2D eigenvalue weighted by Crippen LogP contribution is 2.37. The summed E-state index contributed by atoms with van der Waals surface area (Å²) in [5.74, 6) is 0.377. The van der Waals surface area contributed by atoms with Gasteiger partial charge in [0.2, 0.25) is 5.76 Å². The number of carbonyl (C=O) groups is 1. The Bertz CT molecular complexity index is 1110. The number of methoxy groups -OCH3 is 1. The first-order valence-electron chi connectivity index (χ1n) is 9.52. The number of nitrogens with zero attached hydrogens (tertiary/aromatic N) is 3. The van der Waals surface area contributed by atoms with Crippen LogP contribution in [0.5, 0.6) is 5.75 Å². The number of ether oxygens (including phenoxy) is 1. The minimum Gasteiger partial charge on any atom is -0.497 e. The standard InChI is InChI=1S/C22H23N3O4/c1-24(2)11-6-12-25-19(16-7-4-5-10-23-16)18-20(26)15-9-8-14(28-3)13-17(15)29-21(18)22(25)27/h4-5,7-10,13,19H,6,11-12H2,1-3H3. The lowest BCUT2D eigenvalue weighted by Gasteiger charge is -2.24. The summed E-state index contributed by atoms with van der Waals surface area (Å²) in [6.07, 6.45) is 2.45. The van der Waals surface area contributed by atoms with E-state index in [0.717, 1.165) is 13.0 Å². The second kappa shape index (κ2) is 7.67. The molecule has 3 aromatic rings. The Morgan fingerprint density at radius 3 is 2.72 bits per heavy atom. The van der Waals surface area contributed by atoms with Crippen molar-refractivity contribution in [2.75, 3.05) is 34.3 Å². The summed E-state index contributed by atoms with van der Waals surface area (Å²) < 4.78 is 11.2. The second-order valence-electron chi connectivity index (χ2n) is 7.35. The van der Waals surface area contributed by atoms with Crippen molar-refractivity contribution < 1.29 is 13.9 Å². The molecule has 0 radical (unpaired) electrons. The fourth-order valence-corrected chi connectivity index (χ4v) is 3.76. The maximum Gasteiger partial charge on any atom is 0.290 e. The lowest BCUT2D eigenvalue weighted by molar-refractivity contribution is 0.0720. The highest BCUT2D eigenvalue weighted by molar-refractivity contribution is 5.99. The normalized spacial score (nSPS) is 15.9. The number of carbonyl (C=O) groups excluding carboxylic acids is 1. The zero-order chi connectivity index (χ0) is 20.5. The molecule has 0 spiro atoms. The molecule has 2 aromatic heterocycles. The molecule has 7 heteroatoms. The van der Waals surface area contributed by atoms with Gasteiger partial charge in [0, 0.05) is 18.8 Å². The van der Waals surface area contributed by atoms with Crippen molar-refractivity contribution in [2.24, 2.45) is 0 Å². The molecule has 0 bridgehead atoms. The minimum absolute atomic E-state index is 0.0938. The number of aromatic nitrogens is 1. The van der Waals surface area contributed by atoms with Crippen LogP contribution in [0.15, 0.2) is 51.8 Å². The third kappa shape index (κ3) is 3.38. The van der Waals surface area contributed by atoms with Crippen molar-refractivity contribution in [3.05, 3.63) is 69.8 Å². The molecule has 1 atom stereocenters. The minimum atomic E-state index is -0.552. The average Bonchev–Trinajstić information content (AvgIpc) is 3.00. The van der Waals surface area contributed by atoms with Crippen molar-refractivity contribution in [2.45, 2.75) is 12.5 Å². The molecule has 150 valence electrons. The molecular weight excluding hydrogens is 370 g/mol. The Morgan fingerprint density at radius 2 is 2.03 bits per heavy atom. The van der Waals surface area contributed by atoms with Crippen molar-refractivity contribution in [1.29, 1.82) is 0 Å². The van der Waals surface area contributed by atoms with Gasteiger partial charge in [0.15, 0.2) is 5.43 Å². The maximum absolute atomic E-state index is 13.4. The zero-order valence-electron chi connectivity index (χ0n) is 16.7. The first-order valence-corrected chi connectivity index (χ1v) is 9.52. The van der Waals surface area contributed by atoms with Crippen LogP contribution < -0.4 is 10.2 Å². The molecule has 0 saturated heterocycles. The van der Waals surface area contributed by atoms with Crippen LogP contribution in [0.2, 0.25) is 0 Å². The van der Waals surface area contributed by atoms with Crippen molar-refractivity contribution in [3.8, 4) is 5.75 Å². The number of hydrogen-bond acceptors (Lipinski definition) is 6. The Hall–Kier alpha value is -3.19. The molecule has 29 heavy (non-hydrogen) atoms. The van der Waals surface area contributed by atoms with Gasteiger partial charge in [-0.25, -0.2) is 0 Å². The van der Waals surface area contributed by atoms with Crippen molar-refractivity contribution >= 4 is 16.9 Å². The summed E-state index contributed by atoms with van der Waals surface area (Å²) in [5, 5.41) is 0.424. The summed E-state index contributed by atoms with van der Waals surface area (Å²) in [6, 6.07) is 9.98. The van der Waals surface area contributed by atoms with E-state index in [2.05, 4.69) is 9.88 Å². The average molecular weight is 393 g/mol. The Labute approximate surface area is 168 Å². The van der Waals surface area contributed by atoms with E-state index in [1.807, 2.05) is 32.3 Å². The summed E-state index contributed by atoms with van der Waals surface area (Å²) in [6.45, 7) is 1.33. The van der Waals surface area contributed by atoms with E-state index in [4.69, 9.17) is 9.15 Å². The lowest BCUT2D eigenvalue weighted by Crippen LogP contribution is -2.32. The Balaban J connectivity index is 1.87. The zero-order valence-corrected chi connectivity index (χ0v) is 16.7. The van der Waals surface area contributed by atoms with E-state index in [1.54, 1.807) is 36.4 Å². The fraction of sp³-hybridized carbons (Fsp3) is 0.318. The smallest absolute Gasteiger partial charge is 0.290 e. The number of fused-ring (bicyclic) bond motifs is 2. The Morgan fingerprint density at radius 1 is 1.21 bits per heavy atom. The van der Waals surface area contributed by atoms with E-state index in [0.29, 0.717) is 34.5 Å². The highest BCUT2D eigenvalue weighted by Gasteiger charge is 2.43. The van der Waals surface area contributed by atoms with Gasteiger partial charge in [-0.15, -0.1) is 0 Å². The van der Waals surface area contributed by atoms with Crippen LogP contribution in [0.3, 0.4) is 0 Å². The van der Waals surface area contributed by atoms with Gasteiger partial charge in [0.1, 0.15) is 17.4 Å². The lowest BCUT2D eigenvalue weighted by atomic mass is 10.0. The second-order valence-corrected chi connectivity index (χ2v) is 7.35. The van der Waals surface area contributed by atoms with E-state index < -0.39 is 6.04 Å². The van der Waals surface area contributed by atoms with Crippen LogP contribution in [0.25, 0.3) is 11.0 Å². The number of hydrogen-bond donors (Lipinski definition) is 0. The number of rotatable bonds is 6. The largest absolute Gasteiger partial charge is 0.497 e. The molecule has 1 unspecified atom stereocenters. The van der Waals surface area contributed by atoms with Gasteiger partial charge in [-0.1, -0.05) is 6.07 Å². The van der Waals surface area contributed by atoms with Crippen molar-refractivity contribution in [1.82, 2.24) is 14.8 Å². The van der Waals surface area contributed by atoms with Crippen LogP contribution in [-0.4, -0.2) is 55.0 Å². The van der Waals surface area contributed by atoms with Gasteiger partial charge in [0.25, 0.3) is 5.91 Å². The first-order chi connectivity index (χ1) is 14.0. The molecule has 0 saturated carbocycles. The predicted octanol–water partition coefficient (Wildman–Crippen LogP) is 2.69. The summed E-state index contributed by atoms with van der Waals surface area (Å²) >= 11 is 0. The van der Waals surface area contributed by atoms with Crippen LogP contribution in [0, 0.1) is 0 Å². The van der Waals surface area contributed by atoms with Gasteiger partial charge in [-0.3, -0.25) is 14.6 Å². The van der Waals surface area contributed by atoms with Crippen LogP contribution in [0.4, 0.5) is 0 Å². The predicted molar refractivity (Wildman–Crippen MR) is 109 cm³/mol. The number of benzene rings is 1. The third-order valence-corrected chi connectivity index (χ3v) is 5.15. The molecule has 0 aliphatic carbocycles. The highest BCUT2D eigenvalue weighted by atomic mass is 16.5. The maximum atomic E-state index is 13.4. The third-order valence-electron chi connectivity index (χ3n) is 5.15. The summed E-state index contributed by atoms with van der Waals surface area (Å²) in [7, 11) is 5.52. The van der Waals surface area contributed by atoms with E-state index in [-0.39, 0.29) is 17.1 Å². The van der Waals surface area contributed by atoms with Crippen molar-refractivity contribution in [3.63, 3.8) is 0 Å². The quantitative estimate of drug-likeness (QED) is 0.641. The van der Waals surface area contributed by atoms with E-state index >= 15 is 0 Å². The van der Waals surface area contributed by atoms with Gasteiger partial charge in [-0.05, 0) is 51.3 Å². The van der Waals surface area contributed by atoms with Gasteiger partial charge >= 0.3 is 0 Å². The Kier molecular flexibility index (Phi) is 5.07. The molecule has 4 rings (SSSR count). The molecule has 7 nitrogen and oxygen atoms in total. The molecule has 3 heterocycles. The van der Waals surface area contributed by atoms with E-state index in [1.165, 1.54) is 0 Å². The number of amides is 1. The van der Waals surface area contributed by atoms with E-state index in [9.17, 15) is 9.59 Å². The summed E-state index contributed by atoms with van der Waals surface area (Å²) in [4.78, 5) is 34.8. The molecule has 1 amide bonds. The van der Waals surface area contributed by atoms with Gasteiger partial charge in [-0.2, -0.15) is 0 Å². The molecule has 0 N–H and O–H groups in total. The first kappa shape index (κ1) is 19.1. The van der Waals surface area contributed by atoms with Gasteiger partial charge in [0.05, 0.1) is 23.8 Å². The SMILES string of the molecule is COc1ccc2c(=O)c3c(oc2c1)C(=O)N(CCCN(C)C)C3c1ccccn1. The van der Waals surface area contributed by atoms with Gasteiger partial charge < -0.3 is 19.0 Å². The molecule has 1 aliphatic rings. The van der Waals surface area contributed by atoms with Crippen LogP contribution >= 0.6 is 0 Å².